The van der Waals surface area contributed by atoms with E-state index in [1.165, 1.54) is 11.3 Å². The Bertz CT molecular complexity index is 1110. The molecular weight excluding hydrogens is 324 g/mol. The highest BCUT2D eigenvalue weighted by Crippen LogP contribution is 2.42. The van der Waals surface area contributed by atoms with Crippen LogP contribution in [0.1, 0.15) is 30.5 Å². The molecule has 2 aliphatic heterocycles. The lowest BCUT2D eigenvalue weighted by atomic mass is 9.93. The van der Waals surface area contributed by atoms with Crippen LogP contribution < -0.4 is 19.6 Å². The van der Waals surface area contributed by atoms with Crippen molar-refractivity contribution in [3.05, 3.63) is 73.7 Å². The Balaban J connectivity index is 1.80. The topological polar surface area (TPSA) is 56.7 Å². The quantitative estimate of drug-likeness (QED) is 0.682. The molecule has 1 aromatic carbocycles. The number of hydrogen-bond acceptors (Lipinski definition) is 5. The molecule has 2 atom stereocenters. The van der Waals surface area contributed by atoms with Gasteiger partial charge in [-0.2, -0.15) is 0 Å². The fraction of sp³-hybridized carbons (Fsp3) is 0.222. The number of rotatable bonds is 1. The van der Waals surface area contributed by atoms with Gasteiger partial charge in [-0.05, 0) is 25.1 Å². The number of thiazole rings is 1. The second-order valence-corrected chi connectivity index (χ2v) is 7.28. The number of fused-ring (bicyclic) bond motifs is 6. The molecule has 5 nitrogen and oxygen atoms in total. The Morgan fingerprint density at radius 3 is 3.08 bits per heavy atom. The molecule has 6 heteroatoms. The summed E-state index contributed by atoms with van der Waals surface area (Å²) in [6.45, 7) is 1.98. The highest BCUT2D eigenvalue weighted by Gasteiger charge is 2.42. The average Bonchev–Trinajstić information content (AvgIpc) is 3.16. The minimum atomic E-state index is -0.622. The molecule has 0 saturated carbocycles. The molecule has 0 saturated heterocycles. The van der Waals surface area contributed by atoms with Crippen LogP contribution >= 0.6 is 11.3 Å². The third kappa shape index (κ3) is 1.93. The van der Waals surface area contributed by atoms with E-state index >= 15 is 0 Å². The van der Waals surface area contributed by atoms with Gasteiger partial charge in [0.25, 0.3) is 5.56 Å². The van der Waals surface area contributed by atoms with E-state index in [2.05, 4.69) is 0 Å². The first kappa shape index (κ1) is 13.8. The zero-order valence-corrected chi connectivity index (χ0v) is 13.7. The highest BCUT2D eigenvalue weighted by molar-refractivity contribution is 7.07. The monoisotopic (exact) mass is 338 g/mol. The van der Waals surface area contributed by atoms with Gasteiger partial charge in [-0.25, -0.2) is 4.99 Å². The first-order valence-electron chi connectivity index (χ1n) is 7.76. The van der Waals surface area contributed by atoms with Gasteiger partial charge in [0.15, 0.2) is 4.80 Å². The predicted molar refractivity (Wildman–Crippen MR) is 89.9 cm³/mol. The molecule has 4 heterocycles. The molecule has 3 aromatic rings. The highest BCUT2D eigenvalue weighted by atomic mass is 32.1. The molecule has 2 bridgehead atoms. The van der Waals surface area contributed by atoms with Gasteiger partial charge in [0.1, 0.15) is 5.75 Å². The average molecular weight is 338 g/mol. The zero-order valence-electron chi connectivity index (χ0n) is 12.9. The summed E-state index contributed by atoms with van der Waals surface area (Å²) in [5, 5.41) is 0. The Morgan fingerprint density at radius 1 is 1.38 bits per heavy atom. The molecule has 2 aliphatic rings. The van der Waals surface area contributed by atoms with Gasteiger partial charge in [0, 0.05) is 17.5 Å². The van der Waals surface area contributed by atoms with Crippen molar-refractivity contribution in [2.75, 3.05) is 0 Å². The third-order valence-electron chi connectivity index (χ3n) is 4.50. The summed E-state index contributed by atoms with van der Waals surface area (Å²) in [4.78, 5) is 18.4. The van der Waals surface area contributed by atoms with Crippen molar-refractivity contribution in [3.63, 3.8) is 0 Å². The minimum Gasteiger partial charge on any atom is -0.472 e. The van der Waals surface area contributed by atoms with Crippen LogP contribution in [0.25, 0.3) is 6.08 Å². The fourth-order valence-electron chi connectivity index (χ4n) is 3.45. The van der Waals surface area contributed by atoms with Crippen LogP contribution in [0, 0.1) is 0 Å². The van der Waals surface area contributed by atoms with E-state index in [0.717, 1.165) is 16.9 Å². The van der Waals surface area contributed by atoms with E-state index in [0.29, 0.717) is 15.8 Å². The van der Waals surface area contributed by atoms with E-state index in [4.69, 9.17) is 14.1 Å². The molecular formula is C18H14N2O3S. The molecule has 0 spiro atoms. The van der Waals surface area contributed by atoms with Crippen molar-refractivity contribution in [3.8, 4) is 5.75 Å². The van der Waals surface area contributed by atoms with Gasteiger partial charge in [-0.3, -0.25) is 9.36 Å². The SMILES string of the molecule is C[C@]12C[C@H](c3ccccc3O1)n1c(s/c(=C/c3ccoc3)c1=O)=N2. The van der Waals surface area contributed by atoms with Gasteiger partial charge in [-0.15, -0.1) is 0 Å². The molecule has 0 N–H and O–H groups in total. The molecule has 0 aliphatic carbocycles. The van der Waals surface area contributed by atoms with Crippen molar-refractivity contribution in [2.24, 2.45) is 4.99 Å². The summed E-state index contributed by atoms with van der Waals surface area (Å²) < 4.78 is 13.6. The van der Waals surface area contributed by atoms with Crippen molar-refractivity contribution in [1.82, 2.24) is 4.57 Å². The van der Waals surface area contributed by atoms with Crippen LogP contribution in [0.4, 0.5) is 0 Å². The van der Waals surface area contributed by atoms with Crippen LogP contribution in [0.15, 0.2) is 57.1 Å². The van der Waals surface area contributed by atoms with Crippen LogP contribution in [-0.2, 0) is 0 Å². The Morgan fingerprint density at radius 2 is 2.25 bits per heavy atom. The maximum absolute atomic E-state index is 13.0. The standard InChI is InChI=1S/C18H14N2O3S/c1-18-9-13(12-4-2-3-5-14(12)23-18)20-16(21)15(24-17(20)19-18)8-11-6-7-22-10-11/h2-8,10,13H,9H2,1H3/b15-8+/t13-,18-/m1/s1. The van der Waals surface area contributed by atoms with Gasteiger partial charge in [0.2, 0.25) is 5.72 Å². The lowest BCUT2D eigenvalue weighted by molar-refractivity contribution is 0.0410. The Kier molecular flexibility index (Phi) is 2.71. The number of nitrogens with zero attached hydrogens (tertiary/aromatic N) is 2. The van der Waals surface area contributed by atoms with Gasteiger partial charge in [-0.1, -0.05) is 29.5 Å². The zero-order chi connectivity index (χ0) is 16.3. The van der Waals surface area contributed by atoms with Crippen LogP contribution in [0.3, 0.4) is 0 Å². The minimum absolute atomic E-state index is 0.0105. The van der Waals surface area contributed by atoms with Crippen molar-refractivity contribution in [1.29, 1.82) is 0 Å². The van der Waals surface area contributed by atoms with Gasteiger partial charge in [0.05, 0.1) is 23.1 Å². The summed E-state index contributed by atoms with van der Waals surface area (Å²) in [5.41, 5.74) is 1.28. The van der Waals surface area contributed by atoms with Gasteiger partial charge < -0.3 is 9.15 Å². The van der Waals surface area contributed by atoms with E-state index in [-0.39, 0.29) is 11.6 Å². The third-order valence-corrected chi connectivity index (χ3v) is 5.48. The van der Waals surface area contributed by atoms with E-state index in [1.807, 2.05) is 43.3 Å². The first-order valence-corrected chi connectivity index (χ1v) is 8.58. The molecule has 0 fully saturated rings. The van der Waals surface area contributed by atoms with Crippen LogP contribution in [0.2, 0.25) is 0 Å². The molecule has 120 valence electrons. The number of hydrogen-bond donors (Lipinski definition) is 0. The largest absolute Gasteiger partial charge is 0.472 e. The predicted octanol–water partition coefficient (Wildman–Crippen LogP) is 2.05. The summed E-state index contributed by atoms with van der Waals surface area (Å²) in [7, 11) is 0. The van der Waals surface area contributed by atoms with E-state index < -0.39 is 5.72 Å². The first-order chi connectivity index (χ1) is 11.6. The summed E-state index contributed by atoms with van der Waals surface area (Å²) in [6, 6.07) is 9.68. The Labute approximate surface area is 141 Å². The second-order valence-electron chi connectivity index (χ2n) is 6.27. The smallest absolute Gasteiger partial charge is 0.270 e. The molecule has 5 rings (SSSR count). The number of benzene rings is 1. The number of furan rings is 1. The molecule has 2 aromatic heterocycles. The fourth-order valence-corrected chi connectivity index (χ4v) is 4.57. The molecule has 0 unspecified atom stereocenters. The van der Waals surface area contributed by atoms with Crippen LogP contribution in [0.5, 0.6) is 5.75 Å². The number of para-hydroxylation sites is 1. The summed E-state index contributed by atoms with van der Waals surface area (Å²) >= 11 is 1.40. The molecule has 24 heavy (non-hydrogen) atoms. The maximum atomic E-state index is 13.0. The van der Waals surface area contributed by atoms with Crippen molar-refractivity contribution in [2.45, 2.75) is 25.1 Å². The number of aromatic nitrogens is 1. The van der Waals surface area contributed by atoms with Crippen molar-refractivity contribution < 1.29 is 9.15 Å². The molecule has 0 radical (unpaired) electrons. The summed E-state index contributed by atoms with van der Waals surface area (Å²) in [5.74, 6) is 0.809. The van der Waals surface area contributed by atoms with Gasteiger partial charge >= 0.3 is 0 Å². The van der Waals surface area contributed by atoms with Crippen molar-refractivity contribution >= 4 is 17.4 Å². The lowest BCUT2D eigenvalue weighted by Gasteiger charge is -2.39. The van der Waals surface area contributed by atoms with Crippen LogP contribution in [-0.4, -0.2) is 10.3 Å². The summed E-state index contributed by atoms with van der Waals surface area (Å²) in [6.07, 6.45) is 5.73. The number of ether oxygens (including phenoxy) is 1. The lowest BCUT2D eigenvalue weighted by Crippen LogP contribution is -2.49. The Hall–Kier alpha value is -2.60. The molecule has 0 amide bonds. The maximum Gasteiger partial charge on any atom is 0.270 e. The second kappa shape index (κ2) is 4.70. The van der Waals surface area contributed by atoms with E-state index in [1.54, 1.807) is 17.1 Å². The normalized spacial score (nSPS) is 24.7. The van der Waals surface area contributed by atoms with E-state index in [9.17, 15) is 4.79 Å².